The lowest BCUT2D eigenvalue weighted by atomic mass is 9.85. The van der Waals surface area contributed by atoms with Gasteiger partial charge in [0.05, 0.1) is 6.04 Å². The van der Waals surface area contributed by atoms with Crippen LogP contribution in [0.15, 0.2) is 30.3 Å². The summed E-state index contributed by atoms with van der Waals surface area (Å²) in [5.74, 6) is 0.0327. The van der Waals surface area contributed by atoms with Crippen LogP contribution in [0, 0.1) is 5.41 Å². The molecule has 3 nitrogen and oxygen atoms in total. The van der Waals surface area contributed by atoms with Crippen molar-refractivity contribution in [3.63, 3.8) is 0 Å². The molecule has 100 valence electrons. The van der Waals surface area contributed by atoms with Crippen molar-refractivity contribution in [2.24, 2.45) is 5.41 Å². The molecule has 1 aromatic carbocycles. The normalized spacial score (nSPS) is 14.9. The van der Waals surface area contributed by atoms with E-state index in [2.05, 4.69) is 50.5 Å². The van der Waals surface area contributed by atoms with Gasteiger partial charge in [-0.1, -0.05) is 51.1 Å². The predicted octanol–water partition coefficient (Wildman–Crippen LogP) is 2.50. The number of benzene rings is 1. The number of hydrogen-bond acceptors (Lipinski definition) is 2. The van der Waals surface area contributed by atoms with E-state index in [1.165, 1.54) is 5.56 Å². The molecule has 1 rings (SSSR count). The maximum atomic E-state index is 12.0. The first-order valence-corrected chi connectivity index (χ1v) is 6.39. The molecule has 1 aromatic rings. The molecule has 0 aliphatic carbocycles. The second kappa shape index (κ2) is 6.01. The summed E-state index contributed by atoms with van der Waals surface area (Å²) in [6.07, 6.45) is 0. The maximum Gasteiger partial charge on any atom is 0.237 e. The van der Waals surface area contributed by atoms with Gasteiger partial charge in [-0.3, -0.25) is 10.1 Å². The lowest BCUT2D eigenvalue weighted by Crippen LogP contribution is -2.51. The smallest absolute Gasteiger partial charge is 0.237 e. The highest BCUT2D eigenvalue weighted by Crippen LogP contribution is 2.23. The van der Waals surface area contributed by atoms with Gasteiger partial charge in [0.2, 0.25) is 5.91 Å². The van der Waals surface area contributed by atoms with Crippen molar-refractivity contribution < 1.29 is 4.79 Å². The molecule has 0 radical (unpaired) electrons. The third-order valence-corrected chi connectivity index (χ3v) is 3.09. The van der Waals surface area contributed by atoms with Gasteiger partial charge in [-0.05, 0) is 17.9 Å². The first-order chi connectivity index (χ1) is 8.36. The maximum absolute atomic E-state index is 12.0. The Kier molecular flexibility index (Phi) is 4.91. The summed E-state index contributed by atoms with van der Waals surface area (Å²) in [5, 5.41) is 6.14. The number of hydrogen-bond donors (Lipinski definition) is 2. The van der Waals surface area contributed by atoms with Crippen LogP contribution in [0.1, 0.15) is 39.3 Å². The molecule has 0 saturated heterocycles. The van der Waals surface area contributed by atoms with E-state index in [0.717, 1.165) is 0 Å². The molecular formula is C15H24N2O. The van der Waals surface area contributed by atoms with Crippen LogP contribution in [-0.2, 0) is 4.79 Å². The Bertz CT molecular complexity index is 381. The summed E-state index contributed by atoms with van der Waals surface area (Å²) in [7, 11) is 1.68. The Morgan fingerprint density at radius 2 is 1.72 bits per heavy atom. The van der Waals surface area contributed by atoms with E-state index in [-0.39, 0.29) is 23.4 Å². The second-order valence-corrected chi connectivity index (χ2v) is 5.71. The fourth-order valence-electron chi connectivity index (χ4n) is 1.95. The highest BCUT2D eigenvalue weighted by atomic mass is 16.2. The van der Waals surface area contributed by atoms with E-state index in [4.69, 9.17) is 0 Å². The molecular weight excluding hydrogens is 224 g/mol. The van der Waals surface area contributed by atoms with Crippen molar-refractivity contribution in [3.8, 4) is 0 Å². The number of nitrogens with one attached hydrogen (secondary N) is 2. The minimum absolute atomic E-state index is 0.0327. The van der Waals surface area contributed by atoms with Gasteiger partial charge in [-0.15, -0.1) is 0 Å². The minimum atomic E-state index is -0.210. The molecule has 0 aliphatic heterocycles. The molecule has 2 N–H and O–H groups in total. The Labute approximate surface area is 110 Å². The van der Waals surface area contributed by atoms with Crippen molar-refractivity contribution >= 4 is 5.91 Å². The summed E-state index contributed by atoms with van der Waals surface area (Å²) >= 11 is 0. The van der Waals surface area contributed by atoms with Gasteiger partial charge in [0, 0.05) is 13.1 Å². The molecule has 2 atom stereocenters. The first kappa shape index (κ1) is 14.7. The Hall–Kier alpha value is -1.35. The standard InChI is InChI=1S/C15H24N2O/c1-11(12-9-7-6-8-10-12)17-13(14(18)16-5)15(2,3)4/h6-11,13,17H,1-5H3,(H,16,18)/t11?,13-/m1/s1. The lowest BCUT2D eigenvalue weighted by Gasteiger charge is -2.32. The van der Waals surface area contributed by atoms with Gasteiger partial charge in [-0.25, -0.2) is 0 Å². The fraction of sp³-hybridized carbons (Fsp3) is 0.533. The molecule has 0 saturated carbocycles. The number of carbonyl (C=O) groups is 1. The third-order valence-electron chi connectivity index (χ3n) is 3.09. The zero-order chi connectivity index (χ0) is 13.8. The van der Waals surface area contributed by atoms with Crippen molar-refractivity contribution in [3.05, 3.63) is 35.9 Å². The molecule has 1 unspecified atom stereocenters. The summed E-state index contributed by atoms with van der Waals surface area (Å²) < 4.78 is 0. The Morgan fingerprint density at radius 3 is 2.17 bits per heavy atom. The van der Waals surface area contributed by atoms with Crippen LogP contribution in [0.2, 0.25) is 0 Å². The zero-order valence-electron chi connectivity index (χ0n) is 11.9. The van der Waals surface area contributed by atoms with E-state index in [9.17, 15) is 4.79 Å². The van der Waals surface area contributed by atoms with Crippen LogP contribution in [0.4, 0.5) is 0 Å². The molecule has 0 fully saturated rings. The van der Waals surface area contributed by atoms with Gasteiger partial charge in [0.25, 0.3) is 0 Å². The average molecular weight is 248 g/mol. The number of likely N-dealkylation sites (N-methyl/N-ethyl adjacent to an activating group) is 1. The number of rotatable bonds is 4. The van der Waals surface area contributed by atoms with Crippen LogP contribution in [-0.4, -0.2) is 19.0 Å². The summed E-state index contributed by atoms with van der Waals surface area (Å²) in [4.78, 5) is 12.0. The van der Waals surface area contributed by atoms with Crippen molar-refractivity contribution in [1.29, 1.82) is 0 Å². The third kappa shape index (κ3) is 3.84. The molecule has 1 amide bonds. The van der Waals surface area contributed by atoms with Crippen molar-refractivity contribution in [1.82, 2.24) is 10.6 Å². The van der Waals surface area contributed by atoms with Gasteiger partial charge in [-0.2, -0.15) is 0 Å². The largest absolute Gasteiger partial charge is 0.358 e. The van der Waals surface area contributed by atoms with Gasteiger partial charge in [0.15, 0.2) is 0 Å². The fourth-order valence-corrected chi connectivity index (χ4v) is 1.95. The predicted molar refractivity (Wildman–Crippen MR) is 75.3 cm³/mol. The molecule has 0 aromatic heterocycles. The first-order valence-electron chi connectivity index (χ1n) is 6.39. The van der Waals surface area contributed by atoms with Crippen LogP contribution < -0.4 is 10.6 Å². The SMILES string of the molecule is CNC(=O)[C@@H](NC(C)c1ccccc1)C(C)(C)C. The van der Waals surface area contributed by atoms with Crippen molar-refractivity contribution in [2.45, 2.75) is 39.8 Å². The molecule has 18 heavy (non-hydrogen) atoms. The average Bonchev–Trinajstić information content (AvgIpc) is 2.34. The Morgan fingerprint density at radius 1 is 1.17 bits per heavy atom. The second-order valence-electron chi connectivity index (χ2n) is 5.71. The molecule has 3 heteroatoms. The highest BCUT2D eigenvalue weighted by molar-refractivity contribution is 5.82. The van der Waals surface area contributed by atoms with Gasteiger partial charge < -0.3 is 5.32 Å². The van der Waals surface area contributed by atoms with E-state index in [1.807, 2.05) is 18.2 Å². The number of carbonyl (C=O) groups excluding carboxylic acids is 1. The Balaban J connectivity index is 2.82. The zero-order valence-corrected chi connectivity index (χ0v) is 11.9. The van der Waals surface area contributed by atoms with Crippen LogP contribution in [0.25, 0.3) is 0 Å². The van der Waals surface area contributed by atoms with E-state index < -0.39 is 0 Å². The number of amides is 1. The van der Waals surface area contributed by atoms with Crippen LogP contribution >= 0.6 is 0 Å². The molecule has 0 aliphatic rings. The molecule has 0 heterocycles. The minimum Gasteiger partial charge on any atom is -0.358 e. The van der Waals surface area contributed by atoms with Crippen molar-refractivity contribution in [2.75, 3.05) is 7.05 Å². The quantitative estimate of drug-likeness (QED) is 0.859. The lowest BCUT2D eigenvalue weighted by molar-refractivity contribution is -0.125. The topological polar surface area (TPSA) is 41.1 Å². The highest BCUT2D eigenvalue weighted by Gasteiger charge is 2.31. The molecule has 0 bridgehead atoms. The van der Waals surface area contributed by atoms with E-state index in [0.29, 0.717) is 0 Å². The summed E-state index contributed by atoms with van der Waals surface area (Å²) in [5.41, 5.74) is 1.07. The van der Waals surface area contributed by atoms with Gasteiger partial charge >= 0.3 is 0 Å². The van der Waals surface area contributed by atoms with Gasteiger partial charge in [0.1, 0.15) is 0 Å². The molecule has 0 spiro atoms. The van der Waals surface area contributed by atoms with E-state index >= 15 is 0 Å². The van der Waals surface area contributed by atoms with Crippen LogP contribution in [0.3, 0.4) is 0 Å². The summed E-state index contributed by atoms with van der Waals surface area (Å²) in [6.45, 7) is 8.28. The van der Waals surface area contributed by atoms with E-state index in [1.54, 1.807) is 7.05 Å². The summed E-state index contributed by atoms with van der Waals surface area (Å²) in [6, 6.07) is 10.1. The van der Waals surface area contributed by atoms with Crippen LogP contribution in [0.5, 0.6) is 0 Å². The monoisotopic (exact) mass is 248 g/mol.